The topological polar surface area (TPSA) is 63.7 Å². The Labute approximate surface area is 223 Å². The van der Waals surface area contributed by atoms with E-state index in [2.05, 4.69) is 4.74 Å². The van der Waals surface area contributed by atoms with Gasteiger partial charge in [-0.05, 0) is 73.5 Å². The second-order valence-electron chi connectivity index (χ2n) is 7.96. The van der Waals surface area contributed by atoms with Gasteiger partial charge in [0.25, 0.3) is 0 Å². The maximum Gasteiger partial charge on any atom is 0.305 e. The molecule has 3 aromatic carbocycles. The molecule has 0 heterocycles. The second-order valence-corrected chi connectivity index (χ2v) is 9.24. The number of Topliss-reactive ketones (excluding diaryl/α,β-unsaturated/α-hetero) is 1. The van der Waals surface area contributed by atoms with Crippen molar-refractivity contribution in [2.45, 2.75) is 31.7 Å². The highest BCUT2D eigenvalue weighted by Gasteiger charge is 2.34. The van der Waals surface area contributed by atoms with Gasteiger partial charge in [0.1, 0.15) is 11.9 Å². The number of methoxy groups -OCH3 is 1. The third-order valence-electron chi connectivity index (χ3n) is 5.52. The Morgan fingerprint density at radius 2 is 1.44 bits per heavy atom. The molecule has 0 spiro atoms. The number of carbonyl (C=O) groups excluding carboxylic acids is 3. The lowest BCUT2D eigenvalue weighted by molar-refractivity contribution is -0.140. The summed E-state index contributed by atoms with van der Waals surface area (Å²) in [6, 6.07) is 15.2. The minimum absolute atomic E-state index is 0.000215. The number of rotatable bonds is 10. The first-order valence-corrected chi connectivity index (χ1v) is 12.2. The van der Waals surface area contributed by atoms with Crippen LogP contribution in [0.25, 0.3) is 0 Å². The first-order chi connectivity index (χ1) is 17.2. The number of anilines is 1. The number of carbonyl (C=O) groups is 3. The lowest BCUT2D eigenvalue weighted by atomic mass is 9.94. The third kappa shape index (κ3) is 7.06. The van der Waals surface area contributed by atoms with Crippen molar-refractivity contribution < 1.29 is 23.5 Å². The Bertz CT molecular complexity index is 1230. The molecule has 0 aromatic heterocycles. The number of halogens is 4. The molecule has 0 aliphatic rings. The number of nitrogens with zero attached hydrogens (tertiary/aromatic N) is 1. The zero-order valence-corrected chi connectivity index (χ0v) is 21.6. The van der Waals surface area contributed by atoms with Crippen molar-refractivity contribution in [1.82, 2.24) is 0 Å². The van der Waals surface area contributed by atoms with Crippen LogP contribution in [-0.2, 0) is 14.3 Å². The van der Waals surface area contributed by atoms with Crippen molar-refractivity contribution in [1.29, 1.82) is 0 Å². The Balaban J connectivity index is 2.07. The average molecular weight is 551 g/mol. The van der Waals surface area contributed by atoms with Crippen molar-refractivity contribution in [3.8, 4) is 0 Å². The highest BCUT2D eigenvalue weighted by Crippen LogP contribution is 2.36. The van der Waals surface area contributed by atoms with Crippen LogP contribution in [-0.4, -0.2) is 24.8 Å². The second kappa shape index (κ2) is 12.9. The van der Waals surface area contributed by atoms with Gasteiger partial charge in [-0.3, -0.25) is 19.3 Å². The van der Waals surface area contributed by atoms with Gasteiger partial charge in [0.05, 0.1) is 7.11 Å². The van der Waals surface area contributed by atoms with Gasteiger partial charge in [-0.2, -0.15) is 0 Å². The highest BCUT2D eigenvalue weighted by atomic mass is 35.5. The number of unbranched alkanes of at least 4 members (excludes halogenated alkanes) is 1. The first-order valence-electron chi connectivity index (χ1n) is 11.1. The summed E-state index contributed by atoms with van der Waals surface area (Å²) in [5.74, 6) is -1.76. The molecule has 9 heteroatoms. The zero-order valence-electron chi connectivity index (χ0n) is 19.3. The summed E-state index contributed by atoms with van der Waals surface area (Å²) < 4.78 is 18.5. The number of ether oxygens (including phenoxy) is 1. The monoisotopic (exact) mass is 549 g/mol. The SMILES string of the molecule is COC(=O)CCCCC(=O)N(c1ccc(Cl)cc1)C(C(=O)c1ccc(Cl)cc1)c1ccc(F)cc1Cl. The average Bonchev–Trinajstić information content (AvgIpc) is 2.86. The molecule has 3 rings (SSSR count). The molecule has 0 saturated heterocycles. The van der Waals surface area contributed by atoms with E-state index in [-0.39, 0.29) is 35.3 Å². The molecule has 0 aliphatic heterocycles. The molecule has 3 aromatic rings. The van der Waals surface area contributed by atoms with Crippen molar-refractivity contribution in [2.24, 2.45) is 0 Å². The van der Waals surface area contributed by atoms with Gasteiger partial charge in [-0.25, -0.2) is 4.39 Å². The van der Waals surface area contributed by atoms with Crippen LogP contribution in [0.2, 0.25) is 15.1 Å². The van der Waals surface area contributed by atoms with E-state index >= 15 is 0 Å². The summed E-state index contributed by atoms with van der Waals surface area (Å²) in [4.78, 5) is 40.3. The summed E-state index contributed by atoms with van der Waals surface area (Å²) in [6.45, 7) is 0. The van der Waals surface area contributed by atoms with Crippen LogP contribution < -0.4 is 4.90 Å². The van der Waals surface area contributed by atoms with Crippen molar-refractivity contribution in [2.75, 3.05) is 12.0 Å². The van der Waals surface area contributed by atoms with E-state index < -0.39 is 17.6 Å². The van der Waals surface area contributed by atoms with Gasteiger partial charge in [0.15, 0.2) is 5.78 Å². The Morgan fingerprint density at radius 1 is 0.861 bits per heavy atom. The summed E-state index contributed by atoms with van der Waals surface area (Å²) in [5, 5.41) is 0.892. The van der Waals surface area contributed by atoms with Crippen LogP contribution in [0, 0.1) is 5.82 Å². The molecule has 1 atom stereocenters. The third-order valence-corrected chi connectivity index (χ3v) is 6.35. The largest absolute Gasteiger partial charge is 0.469 e. The molecule has 0 radical (unpaired) electrons. The van der Waals surface area contributed by atoms with E-state index in [0.717, 1.165) is 6.07 Å². The number of benzene rings is 3. The number of hydrogen-bond donors (Lipinski definition) is 0. The first kappa shape index (κ1) is 27.7. The molecule has 0 saturated carbocycles. The number of esters is 1. The molecule has 1 amide bonds. The predicted octanol–water partition coefficient (Wildman–Crippen LogP) is 7.48. The van der Waals surface area contributed by atoms with Gasteiger partial charge < -0.3 is 4.74 Å². The molecule has 0 bridgehead atoms. The lowest BCUT2D eigenvalue weighted by Crippen LogP contribution is -2.39. The van der Waals surface area contributed by atoms with Gasteiger partial charge in [-0.1, -0.05) is 40.9 Å². The van der Waals surface area contributed by atoms with Gasteiger partial charge in [-0.15, -0.1) is 0 Å². The molecule has 188 valence electrons. The van der Waals surface area contributed by atoms with E-state index in [1.165, 1.54) is 24.1 Å². The zero-order chi connectivity index (χ0) is 26.2. The van der Waals surface area contributed by atoms with E-state index in [4.69, 9.17) is 34.8 Å². The van der Waals surface area contributed by atoms with E-state index in [0.29, 0.717) is 34.1 Å². The fraction of sp³-hybridized carbons (Fsp3) is 0.222. The quantitative estimate of drug-likeness (QED) is 0.149. The fourth-order valence-electron chi connectivity index (χ4n) is 3.70. The van der Waals surface area contributed by atoms with Crippen LogP contribution in [0.4, 0.5) is 10.1 Å². The van der Waals surface area contributed by atoms with Crippen molar-refractivity contribution in [3.63, 3.8) is 0 Å². The van der Waals surface area contributed by atoms with Crippen LogP contribution >= 0.6 is 34.8 Å². The van der Waals surface area contributed by atoms with Gasteiger partial charge >= 0.3 is 5.97 Å². The van der Waals surface area contributed by atoms with Gasteiger partial charge in [0, 0.05) is 44.7 Å². The van der Waals surface area contributed by atoms with Crippen molar-refractivity contribution >= 4 is 58.1 Å². The minimum atomic E-state index is -1.20. The van der Waals surface area contributed by atoms with E-state index in [9.17, 15) is 18.8 Å². The van der Waals surface area contributed by atoms with Gasteiger partial charge in [0.2, 0.25) is 5.91 Å². The number of ketones is 1. The maximum atomic E-state index is 13.9. The predicted molar refractivity (Wildman–Crippen MR) is 139 cm³/mol. The standard InChI is InChI=1S/C27H23Cl3FNO4/c1-36-25(34)5-3-2-4-24(33)32(21-13-10-19(29)11-14-21)26(22-15-12-20(31)16-23(22)30)27(35)17-6-8-18(28)9-7-17/h6-16,26H,2-5H2,1H3. The molecule has 0 N–H and O–H groups in total. The summed E-state index contributed by atoms with van der Waals surface area (Å²) in [7, 11) is 1.30. The molecular weight excluding hydrogens is 528 g/mol. The molecule has 0 aliphatic carbocycles. The fourth-order valence-corrected chi connectivity index (χ4v) is 4.22. The van der Waals surface area contributed by atoms with E-state index in [1.54, 1.807) is 48.5 Å². The minimum Gasteiger partial charge on any atom is -0.469 e. The Hall–Kier alpha value is -2.93. The van der Waals surface area contributed by atoms with Crippen LogP contribution in [0.15, 0.2) is 66.7 Å². The van der Waals surface area contributed by atoms with Crippen LogP contribution in [0.3, 0.4) is 0 Å². The smallest absolute Gasteiger partial charge is 0.305 e. The summed E-state index contributed by atoms with van der Waals surface area (Å²) in [6.07, 6.45) is 1.03. The van der Waals surface area contributed by atoms with Crippen molar-refractivity contribution in [3.05, 3.63) is 98.7 Å². The number of hydrogen-bond acceptors (Lipinski definition) is 4. The Morgan fingerprint density at radius 3 is 2.03 bits per heavy atom. The lowest BCUT2D eigenvalue weighted by Gasteiger charge is -2.32. The number of amides is 1. The molecule has 1 unspecified atom stereocenters. The van der Waals surface area contributed by atoms with E-state index in [1.807, 2.05) is 0 Å². The highest BCUT2D eigenvalue weighted by molar-refractivity contribution is 6.32. The van der Waals surface area contributed by atoms with Crippen LogP contribution in [0.1, 0.15) is 47.6 Å². The summed E-state index contributed by atoms with van der Waals surface area (Å²) in [5.41, 5.74) is 0.961. The maximum absolute atomic E-state index is 13.9. The Kier molecular flexibility index (Phi) is 9.88. The molecule has 36 heavy (non-hydrogen) atoms. The molecule has 0 fully saturated rings. The molecular formula is C27H23Cl3FNO4. The molecule has 5 nitrogen and oxygen atoms in total. The van der Waals surface area contributed by atoms with Crippen LogP contribution in [0.5, 0.6) is 0 Å². The summed E-state index contributed by atoms with van der Waals surface area (Å²) >= 11 is 18.5. The normalized spacial score (nSPS) is 11.6.